The maximum Gasteiger partial charge on any atom is 0.189 e. The van der Waals surface area contributed by atoms with Crippen LogP contribution in [-0.2, 0) is 0 Å². The molecule has 0 spiro atoms. The summed E-state index contributed by atoms with van der Waals surface area (Å²) in [4.78, 5) is 4.14. The quantitative estimate of drug-likeness (QED) is 0.753. The first-order valence-corrected chi connectivity index (χ1v) is 5.79. The molecule has 1 atom stereocenters. The van der Waals surface area contributed by atoms with Gasteiger partial charge >= 0.3 is 0 Å². The van der Waals surface area contributed by atoms with Gasteiger partial charge in [-0.3, -0.25) is 4.99 Å². The Hall–Kier alpha value is -1.91. The third kappa shape index (κ3) is 2.00. The fourth-order valence-corrected chi connectivity index (χ4v) is 2.04. The number of fused-ring (bicyclic) bond motifs is 1. The molecular formula is C12H15N3O2. The van der Waals surface area contributed by atoms with Gasteiger partial charge in [-0.15, -0.1) is 0 Å². The Morgan fingerprint density at radius 2 is 2.06 bits per heavy atom. The number of benzene rings is 1. The van der Waals surface area contributed by atoms with Crippen molar-refractivity contribution in [3.05, 3.63) is 23.8 Å². The molecule has 0 bridgehead atoms. The van der Waals surface area contributed by atoms with Crippen molar-refractivity contribution >= 4 is 5.96 Å². The standard InChI is InChI=1S/C12H15N3O2/c13-12-14-7-9(15-12)8-2-3-10-11(6-8)17-5-1-4-16-10/h2-3,6,9H,1,4-5,7H2,(H3,13,14,15). The predicted molar refractivity (Wildman–Crippen MR) is 64.4 cm³/mol. The summed E-state index contributed by atoms with van der Waals surface area (Å²) in [7, 11) is 0. The molecule has 0 aliphatic carbocycles. The SMILES string of the molecule is NC1=NCC(c2ccc3c(c2)OCCCO3)N1. The molecule has 2 aliphatic rings. The van der Waals surface area contributed by atoms with E-state index in [0.717, 1.165) is 23.5 Å². The maximum absolute atomic E-state index is 5.65. The van der Waals surface area contributed by atoms with Crippen LogP contribution in [0.2, 0.25) is 0 Å². The Labute approximate surface area is 99.6 Å². The fraction of sp³-hybridized carbons (Fsp3) is 0.417. The number of nitrogens with zero attached hydrogens (tertiary/aromatic N) is 1. The van der Waals surface area contributed by atoms with E-state index in [1.807, 2.05) is 18.2 Å². The fourth-order valence-electron chi connectivity index (χ4n) is 2.04. The Balaban J connectivity index is 1.85. The average Bonchev–Trinajstić information content (AvgIpc) is 2.64. The molecule has 2 aliphatic heterocycles. The predicted octanol–water partition coefficient (Wildman–Crippen LogP) is 0.807. The number of guanidine groups is 1. The van der Waals surface area contributed by atoms with E-state index in [9.17, 15) is 0 Å². The Kier molecular flexibility index (Phi) is 2.51. The third-order valence-electron chi connectivity index (χ3n) is 2.94. The second-order valence-electron chi connectivity index (χ2n) is 4.18. The van der Waals surface area contributed by atoms with Crippen LogP contribution in [0.3, 0.4) is 0 Å². The van der Waals surface area contributed by atoms with Crippen molar-refractivity contribution in [1.29, 1.82) is 0 Å². The van der Waals surface area contributed by atoms with Crippen molar-refractivity contribution < 1.29 is 9.47 Å². The van der Waals surface area contributed by atoms with E-state index < -0.39 is 0 Å². The lowest BCUT2D eigenvalue weighted by molar-refractivity contribution is 0.297. The molecule has 5 nitrogen and oxygen atoms in total. The lowest BCUT2D eigenvalue weighted by Crippen LogP contribution is -2.29. The molecule has 3 rings (SSSR count). The number of hydrogen-bond acceptors (Lipinski definition) is 5. The molecule has 17 heavy (non-hydrogen) atoms. The molecule has 2 heterocycles. The molecule has 0 fully saturated rings. The van der Waals surface area contributed by atoms with Crippen molar-refractivity contribution in [2.45, 2.75) is 12.5 Å². The van der Waals surface area contributed by atoms with Crippen LogP contribution in [0.1, 0.15) is 18.0 Å². The molecule has 1 unspecified atom stereocenters. The van der Waals surface area contributed by atoms with Crippen LogP contribution in [0, 0.1) is 0 Å². The summed E-state index contributed by atoms with van der Waals surface area (Å²) in [5, 5.41) is 3.12. The van der Waals surface area contributed by atoms with Crippen molar-refractivity contribution in [3.8, 4) is 11.5 Å². The number of nitrogens with two attached hydrogens (primary N) is 1. The lowest BCUT2D eigenvalue weighted by atomic mass is 10.1. The first kappa shape index (κ1) is 10.3. The Morgan fingerprint density at radius 1 is 1.24 bits per heavy atom. The molecular weight excluding hydrogens is 218 g/mol. The monoisotopic (exact) mass is 233 g/mol. The summed E-state index contributed by atoms with van der Waals surface area (Å²) in [5.74, 6) is 2.13. The van der Waals surface area contributed by atoms with Crippen molar-refractivity contribution in [2.75, 3.05) is 19.8 Å². The average molecular weight is 233 g/mol. The highest BCUT2D eigenvalue weighted by Gasteiger charge is 2.19. The van der Waals surface area contributed by atoms with Gasteiger partial charge in [0.15, 0.2) is 17.5 Å². The lowest BCUT2D eigenvalue weighted by Gasteiger charge is -2.14. The number of aliphatic imine (C=N–C) groups is 1. The van der Waals surface area contributed by atoms with Gasteiger partial charge in [0.05, 0.1) is 25.8 Å². The van der Waals surface area contributed by atoms with Crippen LogP contribution >= 0.6 is 0 Å². The van der Waals surface area contributed by atoms with E-state index in [-0.39, 0.29) is 6.04 Å². The normalized spacial score (nSPS) is 22.6. The van der Waals surface area contributed by atoms with Crippen molar-refractivity contribution in [1.82, 2.24) is 5.32 Å². The summed E-state index contributed by atoms with van der Waals surface area (Å²) in [6.07, 6.45) is 0.918. The van der Waals surface area contributed by atoms with Crippen LogP contribution in [0.4, 0.5) is 0 Å². The van der Waals surface area contributed by atoms with Gasteiger partial charge in [0.1, 0.15) is 0 Å². The molecule has 0 amide bonds. The smallest absolute Gasteiger partial charge is 0.189 e. The van der Waals surface area contributed by atoms with Gasteiger partial charge in [-0.2, -0.15) is 0 Å². The van der Waals surface area contributed by atoms with Gasteiger partial charge in [0, 0.05) is 6.42 Å². The van der Waals surface area contributed by atoms with Crippen molar-refractivity contribution in [3.63, 3.8) is 0 Å². The Morgan fingerprint density at radius 3 is 2.82 bits per heavy atom. The number of rotatable bonds is 1. The molecule has 0 saturated heterocycles. The van der Waals surface area contributed by atoms with Gasteiger partial charge in [0.25, 0.3) is 0 Å². The van der Waals surface area contributed by atoms with E-state index in [1.165, 1.54) is 0 Å². The van der Waals surface area contributed by atoms with E-state index in [4.69, 9.17) is 15.2 Å². The van der Waals surface area contributed by atoms with E-state index in [2.05, 4.69) is 10.3 Å². The molecule has 1 aromatic carbocycles. The molecule has 1 aromatic rings. The van der Waals surface area contributed by atoms with Crippen LogP contribution < -0.4 is 20.5 Å². The summed E-state index contributed by atoms with van der Waals surface area (Å²) >= 11 is 0. The second kappa shape index (κ2) is 4.16. The molecule has 0 radical (unpaired) electrons. The summed E-state index contributed by atoms with van der Waals surface area (Å²) in [6, 6.07) is 6.13. The minimum absolute atomic E-state index is 0.146. The topological polar surface area (TPSA) is 68.9 Å². The Bertz CT molecular complexity index is 459. The summed E-state index contributed by atoms with van der Waals surface area (Å²) < 4.78 is 11.2. The highest BCUT2D eigenvalue weighted by molar-refractivity contribution is 5.80. The minimum Gasteiger partial charge on any atom is -0.490 e. The van der Waals surface area contributed by atoms with E-state index in [1.54, 1.807) is 0 Å². The van der Waals surface area contributed by atoms with E-state index in [0.29, 0.717) is 25.7 Å². The van der Waals surface area contributed by atoms with Gasteiger partial charge in [-0.1, -0.05) is 6.07 Å². The minimum atomic E-state index is 0.146. The molecule has 90 valence electrons. The maximum atomic E-state index is 5.65. The zero-order valence-corrected chi connectivity index (χ0v) is 9.48. The molecule has 0 aromatic heterocycles. The summed E-state index contributed by atoms with van der Waals surface area (Å²) in [6.45, 7) is 2.09. The zero-order valence-electron chi connectivity index (χ0n) is 9.48. The number of nitrogens with one attached hydrogen (secondary N) is 1. The van der Waals surface area contributed by atoms with Gasteiger partial charge in [0.2, 0.25) is 0 Å². The van der Waals surface area contributed by atoms with Gasteiger partial charge < -0.3 is 20.5 Å². The van der Waals surface area contributed by atoms with Crippen molar-refractivity contribution in [2.24, 2.45) is 10.7 Å². The number of ether oxygens (including phenoxy) is 2. The first-order chi connectivity index (χ1) is 8.33. The van der Waals surface area contributed by atoms with Crippen LogP contribution in [0.5, 0.6) is 11.5 Å². The highest BCUT2D eigenvalue weighted by Crippen LogP contribution is 2.32. The third-order valence-corrected chi connectivity index (χ3v) is 2.94. The van der Waals surface area contributed by atoms with Crippen LogP contribution in [0.15, 0.2) is 23.2 Å². The van der Waals surface area contributed by atoms with Gasteiger partial charge in [-0.25, -0.2) is 0 Å². The molecule has 5 heteroatoms. The van der Waals surface area contributed by atoms with Crippen LogP contribution in [-0.4, -0.2) is 25.7 Å². The second-order valence-corrected chi connectivity index (χ2v) is 4.18. The first-order valence-electron chi connectivity index (χ1n) is 5.79. The van der Waals surface area contributed by atoms with Crippen LogP contribution in [0.25, 0.3) is 0 Å². The zero-order chi connectivity index (χ0) is 11.7. The molecule has 3 N–H and O–H groups in total. The number of hydrogen-bond donors (Lipinski definition) is 2. The van der Waals surface area contributed by atoms with E-state index >= 15 is 0 Å². The summed E-state index contributed by atoms with van der Waals surface area (Å²) in [5.41, 5.74) is 6.73. The molecule has 0 saturated carbocycles. The van der Waals surface area contributed by atoms with Gasteiger partial charge in [-0.05, 0) is 17.7 Å². The highest BCUT2D eigenvalue weighted by atomic mass is 16.5. The largest absolute Gasteiger partial charge is 0.490 e.